The topological polar surface area (TPSA) is 97.3 Å². The highest BCUT2D eigenvalue weighted by atomic mass is 19.1. The summed E-state index contributed by atoms with van der Waals surface area (Å²) < 4.78 is 30.6. The fourth-order valence-electron chi connectivity index (χ4n) is 3.93. The van der Waals surface area contributed by atoms with Crippen LogP contribution < -0.4 is 5.32 Å². The number of nitrogens with one attached hydrogen (secondary N) is 1. The van der Waals surface area contributed by atoms with Gasteiger partial charge in [-0.2, -0.15) is 0 Å². The van der Waals surface area contributed by atoms with Crippen LogP contribution in [0.4, 0.5) is 4.39 Å². The van der Waals surface area contributed by atoms with Crippen molar-refractivity contribution in [2.45, 2.75) is 56.9 Å². The Morgan fingerprint density at radius 1 is 1.12 bits per heavy atom. The van der Waals surface area contributed by atoms with E-state index in [0.29, 0.717) is 12.2 Å². The number of aliphatic hydroxyl groups excluding tert-OH is 2. The maximum absolute atomic E-state index is 13.6. The molecule has 3 N–H and O–H groups in total. The molecule has 2 aromatic carbocycles. The van der Waals surface area contributed by atoms with Gasteiger partial charge >= 0.3 is 0 Å². The van der Waals surface area contributed by atoms with Crippen LogP contribution in [0.2, 0.25) is 0 Å². The van der Waals surface area contributed by atoms with Gasteiger partial charge in [0, 0.05) is 26.5 Å². The summed E-state index contributed by atoms with van der Waals surface area (Å²) in [6.07, 6.45) is -3.33. The average Bonchev–Trinajstić information content (AvgIpc) is 2.80. The third-order valence-electron chi connectivity index (χ3n) is 5.84. The molecular formula is C25H32FNO6. The Hall–Kier alpha value is -2.36. The molecule has 0 aliphatic heterocycles. The number of halogens is 1. The number of hydrogen-bond donors (Lipinski definition) is 3. The highest BCUT2D eigenvalue weighted by Gasteiger charge is 2.51. The highest BCUT2D eigenvalue weighted by Crippen LogP contribution is 2.35. The van der Waals surface area contributed by atoms with E-state index in [1.165, 1.54) is 19.2 Å². The fourth-order valence-corrected chi connectivity index (χ4v) is 3.93. The van der Waals surface area contributed by atoms with Gasteiger partial charge in [0.1, 0.15) is 11.9 Å². The third-order valence-corrected chi connectivity index (χ3v) is 5.84. The second-order valence-electron chi connectivity index (χ2n) is 8.46. The van der Waals surface area contributed by atoms with Gasteiger partial charge in [-0.15, -0.1) is 0 Å². The summed E-state index contributed by atoms with van der Waals surface area (Å²) in [5.74, 6) is -0.848. The van der Waals surface area contributed by atoms with Gasteiger partial charge in [-0.3, -0.25) is 4.79 Å². The van der Waals surface area contributed by atoms with Crippen LogP contribution in [0.3, 0.4) is 0 Å². The Morgan fingerprint density at radius 3 is 2.58 bits per heavy atom. The van der Waals surface area contributed by atoms with Crippen molar-refractivity contribution in [2.75, 3.05) is 20.3 Å². The first-order chi connectivity index (χ1) is 15.8. The van der Waals surface area contributed by atoms with Crippen LogP contribution in [-0.4, -0.2) is 60.3 Å². The zero-order valence-electron chi connectivity index (χ0n) is 19.0. The molecule has 3 rings (SSSR count). The summed E-state index contributed by atoms with van der Waals surface area (Å²) in [5, 5.41) is 23.9. The van der Waals surface area contributed by atoms with E-state index in [-0.39, 0.29) is 32.6 Å². The number of hydrogen-bond acceptors (Lipinski definition) is 6. The molecule has 33 heavy (non-hydrogen) atoms. The molecule has 0 heterocycles. The molecule has 7 nitrogen and oxygen atoms in total. The van der Waals surface area contributed by atoms with E-state index in [2.05, 4.69) is 5.32 Å². The number of carbonyl (C=O) groups is 1. The van der Waals surface area contributed by atoms with Crippen molar-refractivity contribution in [3.8, 4) is 0 Å². The molecule has 0 aromatic heterocycles. The lowest BCUT2D eigenvalue weighted by Gasteiger charge is -2.43. The molecule has 1 fully saturated rings. The lowest BCUT2D eigenvalue weighted by Crippen LogP contribution is -2.60. The smallest absolute Gasteiger partial charge is 0.252 e. The third kappa shape index (κ3) is 6.82. The molecule has 1 amide bonds. The Bertz CT molecular complexity index is 908. The van der Waals surface area contributed by atoms with Gasteiger partial charge in [0.15, 0.2) is 5.60 Å². The molecule has 0 spiro atoms. The Balaban J connectivity index is 1.77. The number of aliphatic hydroxyl groups is 2. The van der Waals surface area contributed by atoms with E-state index in [1.54, 1.807) is 12.1 Å². The molecule has 1 aliphatic rings. The molecule has 180 valence electrons. The summed E-state index contributed by atoms with van der Waals surface area (Å²) in [6, 6.07) is 13.7. The highest BCUT2D eigenvalue weighted by molar-refractivity contribution is 5.85. The molecule has 1 aliphatic carbocycles. The van der Waals surface area contributed by atoms with Crippen LogP contribution >= 0.6 is 0 Å². The van der Waals surface area contributed by atoms with E-state index in [9.17, 15) is 19.4 Å². The van der Waals surface area contributed by atoms with E-state index in [1.807, 2.05) is 31.2 Å². The van der Waals surface area contributed by atoms with Crippen molar-refractivity contribution >= 4 is 5.91 Å². The molecule has 8 heteroatoms. The number of aryl methyl sites for hydroxylation is 1. The summed E-state index contributed by atoms with van der Waals surface area (Å²) in [6.45, 7) is 2.72. The number of amides is 1. The minimum atomic E-state index is -1.46. The van der Waals surface area contributed by atoms with Crippen molar-refractivity contribution in [3.05, 3.63) is 71.0 Å². The molecule has 1 unspecified atom stereocenters. The van der Waals surface area contributed by atoms with Crippen LogP contribution in [0, 0.1) is 12.7 Å². The zero-order valence-corrected chi connectivity index (χ0v) is 19.0. The summed E-state index contributed by atoms with van der Waals surface area (Å²) in [5.41, 5.74) is 1.11. The lowest BCUT2D eigenvalue weighted by atomic mass is 9.78. The first kappa shape index (κ1) is 25.3. The Morgan fingerprint density at radius 2 is 1.88 bits per heavy atom. The summed E-state index contributed by atoms with van der Waals surface area (Å²) >= 11 is 0. The van der Waals surface area contributed by atoms with Gasteiger partial charge in [-0.25, -0.2) is 4.39 Å². The Labute approximate surface area is 193 Å². The lowest BCUT2D eigenvalue weighted by molar-refractivity contribution is -0.200. The van der Waals surface area contributed by atoms with Crippen molar-refractivity contribution in [1.29, 1.82) is 0 Å². The van der Waals surface area contributed by atoms with Crippen LogP contribution in [0.25, 0.3) is 0 Å². The largest absolute Gasteiger partial charge is 0.390 e. The van der Waals surface area contributed by atoms with E-state index >= 15 is 0 Å². The predicted octanol–water partition coefficient (Wildman–Crippen LogP) is 2.25. The summed E-state index contributed by atoms with van der Waals surface area (Å²) in [4.78, 5) is 13.2. The van der Waals surface area contributed by atoms with Crippen LogP contribution in [0.15, 0.2) is 48.5 Å². The molecule has 0 radical (unpaired) electrons. The number of methoxy groups -OCH3 is 1. The van der Waals surface area contributed by atoms with Crippen molar-refractivity contribution in [3.63, 3.8) is 0 Å². The van der Waals surface area contributed by atoms with Crippen LogP contribution in [-0.2, 0) is 32.2 Å². The van der Waals surface area contributed by atoms with Crippen LogP contribution in [0.5, 0.6) is 0 Å². The first-order valence-corrected chi connectivity index (χ1v) is 11.0. The SMILES string of the molecule is COCCNC(=O)[C@@]1(OCc2cccc(F)c2)CC(OCc2ccc(C)cc2)[C@H](O)[C@H](O)C1. The number of carbonyl (C=O) groups excluding carboxylic acids is 1. The second kappa shape index (κ2) is 11.7. The maximum Gasteiger partial charge on any atom is 0.252 e. The predicted molar refractivity (Wildman–Crippen MR) is 120 cm³/mol. The first-order valence-electron chi connectivity index (χ1n) is 11.0. The van der Waals surface area contributed by atoms with E-state index in [4.69, 9.17) is 14.2 Å². The second-order valence-corrected chi connectivity index (χ2v) is 8.46. The average molecular weight is 462 g/mol. The van der Waals surface area contributed by atoms with Gasteiger partial charge < -0.3 is 29.7 Å². The van der Waals surface area contributed by atoms with Crippen molar-refractivity contribution < 1.29 is 33.6 Å². The molecule has 0 bridgehead atoms. The standard InChI is InChI=1S/C25H32FNO6/c1-17-6-8-18(9-7-17)15-32-22-14-25(13-21(28)23(22)29,24(30)27-10-11-31-2)33-16-19-4-3-5-20(26)12-19/h3-9,12,21-23,28-29H,10-11,13-16H2,1-2H3,(H,27,30)/t21-,22?,23-,25+/m1/s1. The van der Waals surface area contributed by atoms with E-state index < -0.39 is 35.6 Å². The van der Waals surface area contributed by atoms with Gasteiger partial charge in [0.25, 0.3) is 5.91 Å². The van der Waals surface area contributed by atoms with Crippen LogP contribution in [0.1, 0.15) is 29.5 Å². The number of benzene rings is 2. The van der Waals surface area contributed by atoms with Crippen molar-refractivity contribution in [2.24, 2.45) is 0 Å². The van der Waals surface area contributed by atoms with E-state index in [0.717, 1.165) is 11.1 Å². The fraction of sp³-hybridized carbons (Fsp3) is 0.480. The van der Waals surface area contributed by atoms with Gasteiger partial charge in [0.05, 0.1) is 32.0 Å². The molecule has 0 saturated heterocycles. The van der Waals surface area contributed by atoms with Crippen molar-refractivity contribution in [1.82, 2.24) is 5.32 Å². The normalized spacial score (nSPS) is 25.1. The summed E-state index contributed by atoms with van der Waals surface area (Å²) in [7, 11) is 1.53. The molecule has 4 atom stereocenters. The quantitative estimate of drug-likeness (QED) is 0.470. The van der Waals surface area contributed by atoms with Gasteiger partial charge in [0.2, 0.25) is 0 Å². The number of rotatable bonds is 10. The monoisotopic (exact) mass is 461 g/mol. The molecule has 1 saturated carbocycles. The molecular weight excluding hydrogens is 429 g/mol. The van der Waals surface area contributed by atoms with Gasteiger partial charge in [-0.1, -0.05) is 42.0 Å². The number of ether oxygens (including phenoxy) is 3. The zero-order chi connectivity index (χ0) is 23.8. The minimum Gasteiger partial charge on any atom is -0.390 e. The minimum absolute atomic E-state index is 0.0330. The maximum atomic E-state index is 13.6. The van der Waals surface area contributed by atoms with Gasteiger partial charge in [-0.05, 0) is 30.2 Å². The molecule has 2 aromatic rings. The Kier molecular flexibility index (Phi) is 8.94.